The molecular formula is C27H36N2O2. The first kappa shape index (κ1) is 22.1. The summed E-state index contributed by atoms with van der Waals surface area (Å²) in [6.07, 6.45) is 7.39. The standard InChI is InChI=1S/C27H36N2O2/c1-31-25-12-8-11-24(21-25)26(27(30)14-6-3-7-15-27)13-16-28-17-19-29(20-18-28)22-23-9-4-2-5-10-23/h2,4-5,8-13,21,30H,3,6-7,14-20,22H2,1H3/b26-13-. The van der Waals surface area contributed by atoms with Gasteiger partial charge in [0.25, 0.3) is 0 Å². The smallest absolute Gasteiger partial charge is 0.119 e. The lowest BCUT2D eigenvalue weighted by Gasteiger charge is -2.37. The number of nitrogens with zero attached hydrogens (tertiary/aromatic N) is 2. The lowest BCUT2D eigenvalue weighted by atomic mass is 9.76. The van der Waals surface area contributed by atoms with Gasteiger partial charge in [0.05, 0.1) is 12.7 Å². The van der Waals surface area contributed by atoms with Crippen LogP contribution in [0.1, 0.15) is 43.2 Å². The van der Waals surface area contributed by atoms with Crippen LogP contribution in [0.5, 0.6) is 5.75 Å². The maximum Gasteiger partial charge on any atom is 0.119 e. The molecular weight excluding hydrogens is 384 g/mol. The van der Waals surface area contributed by atoms with Crippen LogP contribution in [0.15, 0.2) is 60.7 Å². The van der Waals surface area contributed by atoms with E-state index in [1.807, 2.05) is 12.1 Å². The van der Waals surface area contributed by atoms with Crippen LogP contribution in [0.3, 0.4) is 0 Å². The zero-order valence-corrected chi connectivity index (χ0v) is 18.8. The van der Waals surface area contributed by atoms with Gasteiger partial charge in [0.1, 0.15) is 5.75 Å². The fourth-order valence-electron chi connectivity index (χ4n) is 4.97. The van der Waals surface area contributed by atoms with Crippen LogP contribution in [0, 0.1) is 0 Å². The third kappa shape index (κ3) is 5.76. The molecule has 4 rings (SSSR count). The second-order valence-corrected chi connectivity index (χ2v) is 9.00. The molecule has 0 unspecified atom stereocenters. The Kier molecular flexibility index (Phi) is 7.44. The Morgan fingerprint density at radius 1 is 0.935 bits per heavy atom. The summed E-state index contributed by atoms with van der Waals surface area (Å²) in [5, 5.41) is 11.5. The minimum absolute atomic E-state index is 0.722. The van der Waals surface area contributed by atoms with E-state index in [1.54, 1.807) is 7.11 Å². The van der Waals surface area contributed by atoms with Gasteiger partial charge in [-0.1, -0.05) is 67.8 Å². The molecule has 1 saturated carbocycles. The van der Waals surface area contributed by atoms with Gasteiger partial charge in [-0.25, -0.2) is 0 Å². The number of hydrogen-bond acceptors (Lipinski definition) is 4. The number of benzene rings is 2. The topological polar surface area (TPSA) is 35.9 Å². The van der Waals surface area contributed by atoms with E-state index in [-0.39, 0.29) is 0 Å². The fourth-order valence-corrected chi connectivity index (χ4v) is 4.97. The van der Waals surface area contributed by atoms with Crippen LogP contribution in [-0.4, -0.2) is 60.3 Å². The summed E-state index contributed by atoms with van der Waals surface area (Å²) in [4.78, 5) is 5.04. The molecule has 2 aliphatic rings. The number of piperazine rings is 1. The molecule has 4 nitrogen and oxygen atoms in total. The zero-order chi connectivity index (χ0) is 21.5. The van der Waals surface area contributed by atoms with Crippen LogP contribution in [-0.2, 0) is 6.54 Å². The van der Waals surface area contributed by atoms with Gasteiger partial charge >= 0.3 is 0 Å². The molecule has 2 fully saturated rings. The largest absolute Gasteiger partial charge is 0.497 e. The minimum atomic E-state index is -0.722. The SMILES string of the molecule is COc1cccc(/C(=C/CN2CCN(Cc3ccccc3)CC2)C2(O)CCCCC2)c1. The number of methoxy groups -OCH3 is 1. The second-order valence-electron chi connectivity index (χ2n) is 9.00. The first-order chi connectivity index (χ1) is 15.2. The number of rotatable bonds is 7. The first-order valence-corrected chi connectivity index (χ1v) is 11.7. The van der Waals surface area contributed by atoms with Gasteiger partial charge < -0.3 is 9.84 Å². The molecule has 0 amide bonds. The van der Waals surface area contributed by atoms with Crippen molar-refractivity contribution in [2.24, 2.45) is 0 Å². The zero-order valence-electron chi connectivity index (χ0n) is 18.8. The molecule has 0 atom stereocenters. The van der Waals surface area contributed by atoms with Gasteiger partial charge in [-0.3, -0.25) is 9.80 Å². The van der Waals surface area contributed by atoms with Gasteiger partial charge in [-0.2, -0.15) is 0 Å². The summed E-state index contributed by atoms with van der Waals surface area (Å²) >= 11 is 0. The lowest BCUT2D eigenvalue weighted by Crippen LogP contribution is -2.46. The first-order valence-electron chi connectivity index (χ1n) is 11.7. The van der Waals surface area contributed by atoms with E-state index >= 15 is 0 Å². The molecule has 1 aliphatic carbocycles. The van der Waals surface area contributed by atoms with Gasteiger partial charge in [0.15, 0.2) is 0 Å². The summed E-state index contributed by atoms with van der Waals surface area (Å²) in [6, 6.07) is 18.9. The summed E-state index contributed by atoms with van der Waals surface area (Å²) in [5.41, 5.74) is 2.83. The highest BCUT2D eigenvalue weighted by Crippen LogP contribution is 2.40. The van der Waals surface area contributed by atoms with E-state index in [2.05, 4.69) is 58.3 Å². The van der Waals surface area contributed by atoms with Crippen molar-refractivity contribution in [3.8, 4) is 5.75 Å². The van der Waals surface area contributed by atoms with Gasteiger partial charge in [-0.05, 0) is 41.7 Å². The Bertz CT molecular complexity index is 851. The molecule has 1 heterocycles. The molecule has 0 spiro atoms. The van der Waals surface area contributed by atoms with E-state index in [0.29, 0.717) is 0 Å². The number of ether oxygens (including phenoxy) is 1. The van der Waals surface area contributed by atoms with Crippen molar-refractivity contribution in [3.63, 3.8) is 0 Å². The molecule has 1 saturated heterocycles. The van der Waals surface area contributed by atoms with Gasteiger partial charge in [0.2, 0.25) is 0 Å². The number of aliphatic hydroxyl groups is 1. The average molecular weight is 421 g/mol. The molecule has 2 aromatic carbocycles. The quantitative estimate of drug-likeness (QED) is 0.711. The van der Waals surface area contributed by atoms with Crippen molar-refractivity contribution in [1.82, 2.24) is 9.80 Å². The predicted molar refractivity (Wildman–Crippen MR) is 127 cm³/mol. The molecule has 2 aromatic rings. The van der Waals surface area contributed by atoms with Crippen LogP contribution < -0.4 is 4.74 Å². The van der Waals surface area contributed by atoms with Crippen molar-refractivity contribution < 1.29 is 9.84 Å². The third-order valence-corrected chi connectivity index (χ3v) is 6.83. The highest BCUT2D eigenvalue weighted by Gasteiger charge is 2.34. The monoisotopic (exact) mass is 420 g/mol. The number of hydrogen-bond donors (Lipinski definition) is 1. The molecule has 0 aromatic heterocycles. The molecule has 4 heteroatoms. The fraction of sp³-hybridized carbons (Fsp3) is 0.481. The summed E-state index contributed by atoms with van der Waals surface area (Å²) in [7, 11) is 1.70. The Balaban J connectivity index is 1.43. The molecule has 31 heavy (non-hydrogen) atoms. The van der Waals surface area contributed by atoms with Crippen molar-refractivity contribution >= 4 is 5.57 Å². The van der Waals surface area contributed by atoms with Crippen molar-refractivity contribution in [2.45, 2.75) is 44.2 Å². The maximum absolute atomic E-state index is 11.5. The highest BCUT2D eigenvalue weighted by molar-refractivity contribution is 5.73. The Hall–Kier alpha value is -2.14. The van der Waals surface area contributed by atoms with Crippen LogP contribution in [0.4, 0.5) is 0 Å². The Morgan fingerprint density at radius 2 is 1.65 bits per heavy atom. The maximum atomic E-state index is 11.5. The van der Waals surface area contributed by atoms with Crippen LogP contribution in [0.2, 0.25) is 0 Å². The highest BCUT2D eigenvalue weighted by atomic mass is 16.5. The van der Waals surface area contributed by atoms with Gasteiger partial charge in [-0.15, -0.1) is 0 Å². The van der Waals surface area contributed by atoms with Crippen molar-refractivity contribution in [3.05, 3.63) is 71.8 Å². The minimum Gasteiger partial charge on any atom is -0.497 e. The van der Waals surface area contributed by atoms with Gasteiger partial charge in [0, 0.05) is 39.3 Å². The second kappa shape index (κ2) is 10.4. The van der Waals surface area contributed by atoms with Crippen LogP contribution >= 0.6 is 0 Å². The van der Waals surface area contributed by atoms with Crippen molar-refractivity contribution in [1.29, 1.82) is 0 Å². The van der Waals surface area contributed by atoms with E-state index in [9.17, 15) is 5.11 Å². The van der Waals surface area contributed by atoms with E-state index in [1.165, 1.54) is 12.0 Å². The molecule has 1 N–H and O–H groups in total. The third-order valence-electron chi connectivity index (χ3n) is 6.83. The van der Waals surface area contributed by atoms with Crippen molar-refractivity contribution in [2.75, 3.05) is 39.8 Å². The van der Waals surface area contributed by atoms with Crippen LogP contribution in [0.25, 0.3) is 5.57 Å². The average Bonchev–Trinajstić information content (AvgIpc) is 2.81. The molecule has 166 valence electrons. The summed E-state index contributed by atoms with van der Waals surface area (Å²) in [5.74, 6) is 0.845. The summed E-state index contributed by atoms with van der Waals surface area (Å²) in [6.45, 7) is 6.21. The molecule has 0 bridgehead atoms. The summed E-state index contributed by atoms with van der Waals surface area (Å²) < 4.78 is 5.46. The Labute approximate surface area is 187 Å². The van der Waals surface area contributed by atoms with E-state index in [4.69, 9.17) is 4.74 Å². The normalized spacial score (nSPS) is 20.5. The predicted octanol–water partition coefficient (Wildman–Crippen LogP) is 4.59. The molecule has 0 radical (unpaired) electrons. The molecule has 1 aliphatic heterocycles. The lowest BCUT2D eigenvalue weighted by molar-refractivity contribution is 0.0608. The van der Waals surface area contributed by atoms with E-state index < -0.39 is 5.60 Å². The Morgan fingerprint density at radius 3 is 2.35 bits per heavy atom. The van der Waals surface area contributed by atoms with E-state index in [0.717, 1.165) is 81.8 Å².